The van der Waals surface area contributed by atoms with Crippen molar-refractivity contribution in [2.24, 2.45) is 0 Å². The largest absolute Gasteiger partial charge is 0.370 e. The van der Waals surface area contributed by atoms with Crippen LogP contribution in [0.2, 0.25) is 0 Å². The molecular weight excluding hydrogens is 246 g/mol. The number of carbonyl (C=O) groups is 2. The van der Waals surface area contributed by atoms with Gasteiger partial charge in [0, 0.05) is 25.3 Å². The van der Waals surface area contributed by atoms with Crippen molar-refractivity contribution >= 4 is 17.6 Å². The van der Waals surface area contributed by atoms with Gasteiger partial charge in [-0.3, -0.25) is 4.79 Å². The number of anilines is 1. The number of amides is 3. The average Bonchev–Trinajstić information content (AvgIpc) is 2.42. The third kappa shape index (κ3) is 4.26. The van der Waals surface area contributed by atoms with Gasteiger partial charge in [0.1, 0.15) is 6.61 Å². The summed E-state index contributed by atoms with van der Waals surface area (Å²) in [5, 5.41) is 5.43. The molecule has 1 saturated heterocycles. The zero-order valence-corrected chi connectivity index (χ0v) is 10.6. The van der Waals surface area contributed by atoms with Gasteiger partial charge in [0.05, 0.1) is 6.61 Å². The summed E-state index contributed by atoms with van der Waals surface area (Å²) in [4.78, 5) is 24.7. The summed E-state index contributed by atoms with van der Waals surface area (Å²) >= 11 is 0. The Morgan fingerprint density at radius 2 is 2.11 bits per heavy atom. The first kappa shape index (κ1) is 13.4. The molecule has 1 aromatic carbocycles. The molecule has 0 radical (unpaired) electrons. The van der Waals surface area contributed by atoms with Crippen molar-refractivity contribution in [2.45, 2.75) is 0 Å². The number of hydrogen-bond donors (Lipinski definition) is 2. The van der Waals surface area contributed by atoms with E-state index < -0.39 is 0 Å². The summed E-state index contributed by atoms with van der Waals surface area (Å²) in [7, 11) is 0. The van der Waals surface area contributed by atoms with Crippen molar-refractivity contribution in [2.75, 3.05) is 38.2 Å². The molecule has 0 aromatic heterocycles. The van der Waals surface area contributed by atoms with Gasteiger partial charge in [-0.05, 0) is 12.1 Å². The molecule has 0 atom stereocenters. The highest BCUT2D eigenvalue weighted by Gasteiger charge is 2.17. The average molecular weight is 263 g/mol. The molecule has 0 unspecified atom stereocenters. The third-order valence-corrected chi connectivity index (χ3v) is 2.78. The third-order valence-electron chi connectivity index (χ3n) is 2.78. The van der Waals surface area contributed by atoms with Crippen LogP contribution in [0.3, 0.4) is 0 Å². The van der Waals surface area contributed by atoms with Crippen molar-refractivity contribution in [1.82, 2.24) is 10.2 Å². The lowest BCUT2D eigenvalue weighted by molar-refractivity contribution is -0.142. The number of hydrogen-bond acceptors (Lipinski definition) is 3. The molecule has 0 aliphatic carbocycles. The standard InChI is InChI=1S/C13H17N3O3/c17-12-10-19-9-8-16(12)7-6-14-13(18)15-11-4-2-1-3-5-11/h1-5H,6-10H2,(H2,14,15,18). The van der Waals surface area contributed by atoms with Crippen molar-refractivity contribution in [3.05, 3.63) is 30.3 Å². The summed E-state index contributed by atoms with van der Waals surface area (Å²) in [6, 6.07) is 8.93. The predicted octanol–water partition coefficient (Wildman–Crippen LogP) is 0.667. The minimum atomic E-state index is -0.271. The summed E-state index contributed by atoms with van der Waals surface area (Å²) in [6.07, 6.45) is 0. The van der Waals surface area contributed by atoms with E-state index in [4.69, 9.17) is 4.74 Å². The minimum absolute atomic E-state index is 0.0310. The van der Waals surface area contributed by atoms with Crippen molar-refractivity contribution < 1.29 is 14.3 Å². The summed E-state index contributed by atoms with van der Waals surface area (Å²) in [6.45, 7) is 2.20. The van der Waals surface area contributed by atoms with E-state index in [0.29, 0.717) is 26.2 Å². The molecule has 102 valence electrons. The lowest BCUT2D eigenvalue weighted by Gasteiger charge is -2.26. The van der Waals surface area contributed by atoms with Gasteiger partial charge in [-0.2, -0.15) is 0 Å². The molecule has 2 N–H and O–H groups in total. The van der Waals surface area contributed by atoms with Crippen LogP contribution in [0.15, 0.2) is 30.3 Å². The Hall–Kier alpha value is -2.08. The number of urea groups is 1. The molecule has 1 fully saturated rings. The maximum absolute atomic E-state index is 11.6. The van der Waals surface area contributed by atoms with E-state index in [0.717, 1.165) is 5.69 Å². The first-order valence-corrected chi connectivity index (χ1v) is 6.21. The Labute approximate surface area is 111 Å². The van der Waals surface area contributed by atoms with Crippen LogP contribution >= 0.6 is 0 Å². The second-order valence-electron chi connectivity index (χ2n) is 4.18. The van der Waals surface area contributed by atoms with Crippen LogP contribution in [0, 0.1) is 0 Å². The number of nitrogens with one attached hydrogen (secondary N) is 2. The second kappa shape index (κ2) is 6.75. The fourth-order valence-corrected chi connectivity index (χ4v) is 1.79. The van der Waals surface area contributed by atoms with E-state index in [2.05, 4.69) is 10.6 Å². The Bertz CT molecular complexity index is 436. The molecule has 1 aliphatic rings. The zero-order chi connectivity index (χ0) is 13.5. The molecule has 1 aliphatic heterocycles. The highest BCUT2D eigenvalue weighted by atomic mass is 16.5. The van der Waals surface area contributed by atoms with Crippen LogP contribution in [0.4, 0.5) is 10.5 Å². The second-order valence-corrected chi connectivity index (χ2v) is 4.18. The fourth-order valence-electron chi connectivity index (χ4n) is 1.79. The number of nitrogens with zero attached hydrogens (tertiary/aromatic N) is 1. The van der Waals surface area contributed by atoms with Crippen molar-refractivity contribution in [3.63, 3.8) is 0 Å². The van der Waals surface area contributed by atoms with Gasteiger partial charge in [0.15, 0.2) is 0 Å². The van der Waals surface area contributed by atoms with E-state index >= 15 is 0 Å². The Balaban J connectivity index is 1.68. The van der Waals surface area contributed by atoms with E-state index in [1.54, 1.807) is 4.90 Å². The topological polar surface area (TPSA) is 70.7 Å². The van der Waals surface area contributed by atoms with Crippen LogP contribution < -0.4 is 10.6 Å². The fraction of sp³-hybridized carbons (Fsp3) is 0.385. The number of morpholine rings is 1. The number of ether oxygens (including phenoxy) is 1. The molecule has 1 heterocycles. The molecule has 0 bridgehead atoms. The Morgan fingerprint density at radius 1 is 1.32 bits per heavy atom. The zero-order valence-electron chi connectivity index (χ0n) is 10.6. The molecule has 3 amide bonds. The first-order chi connectivity index (χ1) is 9.25. The van der Waals surface area contributed by atoms with Gasteiger partial charge in [-0.15, -0.1) is 0 Å². The molecule has 19 heavy (non-hydrogen) atoms. The summed E-state index contributed by atoms with van der Waals surface area (Å²) in [5.74, 6) is -0.0310. The van der Waals surface area contributed by atoms with Crippen LogP contribution in [0.25, 0.3) is 0 Å². The smallest absolute Gasteiger partial charge is 0.319 e. The van der Waals surface area contributed by atoms with E-state index in [1.807, 2.05) is 30.3 Å². The molecule has 6 heteroatoms. The summed E-state index contributed by atoms with van der Waals surface area (Å²) in [5.41, 5.74) is 0.738. The SMILES string of the molecule is O=C(NCCN1CCOCC1=O)Nc1ccccc1. The maximum Gasteiger partial charge on any atom is 0.319 e. The molecule has 0 spiro atoms. The van der Waals surface area contributed by atoms with Gasteiger partial charge in [0.2, 0.25) is 5.91 Å². The van der Waals surface area contributed by atoms with Crippen LogP contribution in [-0.2, 0) is 9.53 Å². The van der Waals surface area contributed by atoms with Gasteiger partial charge in [-0.1, -0.05) is 18.2 Å². The predicted molar refractivity (Wildman–Crippen MR) is 70.9 cm³/mol. The quantitative estimate of drug-likeness (QED) is 0.838. The van der Waals surface area contributed by atoms with Gasteiger partial charge in [0.25, 0.3) is 0 Å². The van der Waals surface area contributed by atoms with Gasteiger partial charge in [-0.25, -0.2) is 4.79 Å². The highest BCUT2D eigenvalue weighted by molar-refractivity contribution is 5.89. The van der Waals surface area contributed by atoms with Gasteiger partial charge < -0.3 is 20.3 Å². The van der Waals surface area contributed by atoms with Crippen LogP contribution in [0.5, 0.6) is 0 Å². The van der Waals surface area contributed by atoms with Crippen molar-refractivity contribution in [3.8, 4) is 0 Å². The van der Waals surface area contributed by atoms with Gasteiger partial charge >= 0.3 is 6.03 Å². The molecular formula is C13H17N3O3. The molecule has 2 rings (SSSR count). The molecule has 0 saturated carbocycles. The number of para-hydroxylation sites is 1. The van der Waals surface area contributed by atoms with E-state index in [1.165, 1.54) is 0 Å². The monoisotopic (exact) mass is 263 g/mol. The lowest BCUT2D eigenvalue weighted by Crippen LogP contribution is -2.45. The number of rotatable bonds is 4. The van der Waals surface area contributed by atoms with Crippen LogP contribution in [0.1, 0.15) is 0 Å². The number of carbonyl (C=O) groups excluding carboxylic acids is 2. The summed E-state index contributed by atoms with van der Waals surface area (Å²) < 4.78 is 5.03. The van der Waals surface area contributed by atoms with E-state index in [-0.39, 0.29) is 18.5 Å². The number of benzene rings is 1. The Kier molecular flexibility index (Phi) is 4.74. The van der Waals surface area contributed by atoms with Crippen molar-refractivity contribution in [1.29, 1.82) is 0 Å². The molecule has 1 aromatic rings. The highest BCUT2D eigenvalue weighted by Crippen LogP contribution is 2.04. The maximum atomic E-state index is 11.6. The lowest BCUT2D eigenvalue weighted by atomic mass is 10.3. The van der Waals surface area contributed by atoms with E-state index in [9.17, 15) is 9.59 Å². The minimum Gasteiger partial charge on any atom is -0.370 e. The first-order valence-electron chi connectivity index (χ1n) is 6.21. The molecule has 6 nitrogen and oxygen atoms in total. The Morgan fingerprint density at radius 3 is 2.84 bits per heavy atom. The normalized spacial score (nSPS) is 15.2. The van der Waals surface area contributed by atoms with Crippen LogP contribution in [-0.4, -0.2) is 49.7 Å².